The Balaban J connectivity index is 2.78. The standard InChI is InChI=1S/C8H10N4S/c1-5-11-3-2-7(12-5)6(4-9)8(10)13/h2,6H,3H2,1H3,(H2,10,13)(H,11,12). The Morgan fingerprint density at radius 3 is 3.08 bits per heavy atom. The number of nitrogens with two attached hydrogens (primary N) is 1. The molecular weight excluding hydrogens is 184 g/mol. The average molecular weight is 194 g/mol. The topological polar surface area (TPSA) is 74.2 Å². The first kappa shape index (κ1) is 9.68. The maximum Gasteiger partial charge on any atom is 0.136 e. The molecule has 1 atom stereocenters. The third kappa shape index (κ3) is 2.26. The van der Waals surface area contributed by atoms with E-state index in [2.05, 4.69) is 10.3 Å². The molecule has 0 aliphatic carbocycles. The van der Waals surface area contributed by atoms with Crippen LogP contribution in [-0.2, 0) is 0 Å². The van der Waals surface area contributed by atoms with Crippen LogP contribution in [0.3, 0.4) is 0 Å². The van der Waals surface area contributed by atoms with E-state index in [1.807, 2.05) is 19.1 Å². The van der Waals surface area contributed by atoms with Gasteiger partial charge in [0.05, 0.1) is 23.4 Å². The molecule has 0 bridgehead atoms. The number of nitrogens with zero attached hydrogens (tertiary/aromatic N) is 2. The quantitative estimate of drug-likeness (QED) is 0.621. The van der Waals surface area contributed by atoms with Gasteiger partial charge >= 0.3 is 0 Å². The molecule has 4 nitrogen and oxygen atoms in total. The first-order valence-electron chi connectivity index (χ1n) is 3.82. The lowest BCUT2D eigenvalue weighted by atomic mass is 10.1. The van der Waals surface area contributed by atoms with Crippen molar-refractivity contribution in [1.82, 2.24) is 5.32 Å². The highest BCUT2D eigenvalue weighted by Gasteiger charge is 2.18. The van der Waals surface area contributed by atoms with Crippen molar-refractivity contribution in [2.75, 3.05) is 6.54 Å². The zero-order valence-corrected chi connectivity index (χ0v) is 8.06. The van der Waals surface area contributed by atoms with Gasteiger partial charge in [0.15, 0.2) is 0 Å². The Bertz CT molecular complexity index is 324. The van der Waals surface area contributed by atoms with Crippen LogP contribution in [0.5, 0.6) is 0 Å². The Labute approximate surface area is 82.1 Å². The summed E-state index contributed by atoms with van der Waals surface area (Å²) in [6, 6.07) is 2.04. The Hall–Kier alpha value is -1.41. The Morgan fingerprint density at radius 2 is 2.62 bits per heavy atom. The van der Waals surface area contributed by atoms with Crippen LogP contribution in [0.4, 0.5) is 0 Å². The second-order valence-electron chi connectivity index (χ2n) is 2.68. The van der Waals surface area contributed by atoms with E-state index in [1.165, 1.54) is 0 Å². The van der Waals surface area contributed by atoms with E-state index in [-0.39, 0.29) is 4.99 Å². The van der Waals surface area contributed by atoms with Crippen molar-refractivity contribution in [1.29, 1.82) is 5.26 Å². The van der Waals surface area contributed by atoms with Gasteiger partial charge in [-0.05, 0) is 13.0 Å². The molecule has 3 N–H and O–H groups in total. The minimum absolute atomic E-state index is 0.191. The molecule has 0 saturated carbocycles. The second kappa shape index (κ2) is 4.01. The summed E-state index contributed by atoms with van der Waals surface area (Å²) in [6.07, 6.45) is 1.82. The molecule has 13 heavy (non-hydrogen) atoms. The highest BCUT2D eigenvalue weighted by Crippen LogP contribution is 2.10. The molecule has 0 radical (unpaired) electrons. The number of amidine groups is 1. The second-order valence-corrected chi connectivity index (χ2v) is 3.15. The molecule has 0 aromatic rings. The van der Waals surface area contributed by atoms with Crippen molar-refractivity contribution in [3.8, 4) is 6.07 Å². The first-order valence-corrected chi connectivity index (χ1v) is 4.23. The van der Waals surface area contributed by atoms with E-state index < -0.39 is 5.92 Å². The summed E-state index contributed by atoms with van der Waals surface area (Å²) in [6.45, 7) is 2.41. The molecule has 5 heteroatoms. The number of nitrogens with one attached hydrogen (secondary N) is 1. The van der Waals surface area contributed by atoms with Gasteiger partial charge in [-0.1, -0.05) is 12.2 Å². The lowest BCUT2D eigenvalue weighted by molar-refractivity contribution is 0.890. The molecule has 0 saturated heterocycles. The molecule has 0 amide bonds. The van der Waals surface area contributed by atoms with Crippen LogP contribution in [0.2, 0.25) is 0 Å². The van der Waals surface area contributed by atoms with Crippen molar-refractivity contribution >= 4 is 23.0 Å². The van der Waals surface area contributed by atoms with Gasteiger partial charge in [-0.3, -0.25) is 4.99 Å². The molecule has 1 unspecified atom stereocenters. The van der Waals surface area contributed by atoms with Crippen molar-refractivity contribution in [3.63, 3.8) is 0 Å². The van der Waals surface area contributed by atoms with Gasteiger partial charge in [-0.15, -0.1) is 0 Å². The predicted molar refractivity (Wildman–Crippen MR) is 55.1 cm³/mol. The summed E-state index contributed by atoms with van der Waals surface area (Å²) < 4.78 is 0. The van der Waals surface area contributed by atoms with E-state index in [0.717, 1.165) is 11.5 Å². The minimum atomic E-state index is -0.527. The monoisotopic (exact) mass is 194 g/mol. The van der Waals surface area contributed by atoms with Crippen LogP contribution in [0.15, 0.2) is 16.8 Å². The van der Waals surface area contributed by atoms with E-state index in [0.29, 0.717) is 6.54 Å². The number of nitriles is 1. The Morgan fingerprint density at radius 1 is 1.92 bits per heavy atom. The fourth-order valence-corrected chi connectivity index (χ4v) is 1.24. The molecule has 0 aromatic heterocycles. The van der Waals surface area contributed by atoms with Gasteiger partial charge in [0.1, 0.15) is 5.92 Å². The zero-order valence-electron chi connectivity index (χ0n) is 7.24. The Kier molecular flexibility index (Phi) is 2.98. The number of hydrogen-bond acceptors (Lipinski definition) is 4. The van der Waals surface area contributed by atoms with Gasteiger partial charge < -0.3 is 11.1 Å². The van der Waals surface area contributed by atoms with Crippen LogP contribution in [0.25, 0.3) is 0 Å². The van der Waals surface area contributed by atoms with Crippen molar-refractivity contribution in [3.05, 3.63) is 11.8 Å². The van der Waals surface area contributed by atoms with E-state index in [9.17, 15) is 0 Å². The maximum atomic E-state index is 8.80. The van der Waals surface area contributed by atoms with Crippen molar-refractivity contribution < 1.29 is 0 Å². The van der Waals surface area contributed by atoms with Gasteiger partial charge in [0.2, 0.25) is 0 Å². The zero-order chi connectivity index (χ0) is 9.84. The van der Waals surface area contributed by atoms with Crippen LogP contribution in [-0.4, -0.2) is 17.4 Å². The summed E-state index contributed by atoms with van der Waals surface area (Å²) in [4.78, 5) is 4.28. The summed E-state index contributed by atoms with van der Waals surface area (Å²) >= 11 is 4.77. The van der Waals surface area contributed by atoms with Gasteiger partial charge in [0, 0.05) is 5.70 Å². The van der Waals surface area contributed by atoms with E-state index in [1.54, 1.807) is 0 Å². The third-order valence-electron chi connectivity index (χ3n) is 1.69. The van der Waals surface area contributed by atoms with Crippen LogP contribution in [0, 0.1) is 17.2 Å². The molecule has 0 spiro atoms. The van der Waals surface area contributed by atoms with E-state index >= 15 is 0 Å². The molecule has 1 aliphatic heterocycles. The molecular formula is C8H10N4S. The lowest BCUT2D eigenvalue weighted by Crippen LogP contribution is -2.33. The summed E-state index contributed by atoms with van der Waals surface area (Å²) in [7, 11) is 0. The van der Waals surface area contributed by atoms with E-state index in [4.69, 9.17) is 23.2 Å². The highest BCUT2D eigenvalue weighted by atomic mass is 32.1. The molecule has 1 aliphatic rings. The van der Waals surface area contributed by atoms with Crippen LogP contribution < -0.4 is 11.1 Å². The van der Waals surface area contributed by atoms with Crippen LogP contribution in [0.1, 0.15) is 6.92 Å². The summed E-state index contributed by atoms with van der Waals surface area (Å²) in [5.74, 6) is 0.259. The molecule has 1 heterocycles. The number of aliphatic imine (C=N–C) groups is 1. The number of thiocarbonyl (C=S) groups is 1. The molecule has 68 valence electrons. The van der Waals surface area contributed by atoms with Gasteiger partial charge in [-0.2, -0.15) is 5.26 Å². The van der Waals surface area contributed by atoms with Gasteiger partial charge in [0.25, 0.3) is 0 Å². The SMILES string of the molecule is CC1=NCC=C(C(C#N)C(N)=S)N1. The summed E-state index contributed by atoms with van der Waals surface area (Å²) in [5.41, 5.74) is 6.15. The molecule has 0 aromatic carbocycles. The first-order chi connectivity index (χ1) is 6.15. The normalized spacial score (nSPS) is 17.5. The smallest absolute Gasteiger partial charge is 0.136 e. The average Bonchev–Trinajstić information content (AvgIpc) is 2.04. The number of rotatable bonds is 2. The minimum Gasteiger partial charge on any atom is -0.392 e. The third-order valence-corrected chi connectivity index (χ3v) is 1.93. The fourth-order valence-electron chi connectivity index (χ4n) is 1.06. The maximum absolute atomic E-state index is 8.80. The van der Waals surface area contributed by atoms with Crippen molar-refractivity contribution in [2.45, 2.75) is 6.92 Å². The summed E-state index contributed by atoms with van der Waals surface area (Å²) in [5, 5.41) is 11.8. The van der Waals surface area contributed by atoms with Crippen LogP contribution >= 0.6 is 12.2 Å². The molecule has 1 rings (SSSR count). The fraction of sp³-hybridized carbons (Fsp3) is 0.375. The highest BCUT2D eigenvalue weighted by molar-refractivity contribution is 7.80. The van der Waals surface area contributed by atoms with Crippen molar-refractivity contribution in [2.24, 2.45) is 16.6 Å². The predicted octanol–water partition coefficient (Wildman–Crippen LogP) is 0.318. The lowest BCUT2D eigenvalue weighted by Gasteiger charge is -2.17. The molecule has 0 fully saturated rings. The largest absolute Gasteiger partial charge is 0.392 e. The van der Waals surface area contributed by atoms with Gasteiger partial charge in [-0.25, -0.2) is 0 Å². The number of hydrogen-bond donors (Lipinski definition) is 2.